The second-order valence-corrected chi connectivity index (χ2v) is 6.15. The van der Waals surface area contributed by atoms with Gasteiger partial charge in [-0.05, 0) is 24.1 Å². The first kappa shape index (κ1) is 16.2. The summed E-state index contributed by atoms with van der Waals surface area (Å²) in [6.45, 7) is 0.241. The molecule has 2 aromatic rings. The second kappa shape index (κ2) is 7.19. The molecule has 0 unspecified atom stereocenters. The van der Waals surface area contributed by atoms with Gasteiger partial charge in [0.15, 0.2) is 0 Å². The van der Waals surface area contributed by atoms with Crippen LogP contribution in [0.5, 0.6) is 11.5 Å². The number of methoxy groups -OCH3 is 2. The zero-order chi connectivity index (χ0) is 16.0. The summed E-state index contributed by atoms with van der Waals surface area (Å²) in [7, 11) is -0.755. The Kier molecular flexibility index (Phi) is 5.29. The van der Waals surface area contributed by atoms with Gasteiger partial charge in [-0.3, -0.25) is 0 Å². The average molecular weight is 323 g/mol. The highest BCUT2D eigenvalue weighted by Gasteiger charge is 2.19. The van der Waals surface area contributed by atoms with Gasteiger partial charge in [-0.1, -0.05) is 0 Å². The van der Waals surface area contributed by atoms with E-state index < -0.39 is 10.0 Å². The number of hydrogen-bond donors (Lipinski definition) is 1. The van der Waals surface area contributed by atoms with Crippen LogP contribution in [-0.4, -0.2) is 39.2 Å². The highest BCUT2D eigenvalue weighted by Crippen LogP contribution is 2.28. The van der Waals surface area contributed by atoms with Gasteiger partial charge in [0.25, 0.3) is 0 Å². The molecule has 0 aliphatic carbocycles. The number of nitrogens with one attached hydrogen (secondary N) is 1. The largest absolute Gasteiger partial charge is 0.497 e. The maximum atomic E-state index is 12.3. The highest BCUT2D eigenvalue weighted by atomic mass is 32.2. The summed E-state index contributed by atoms with van der Waals surface area (Å²) in [6.07, 6.45) is 5.22. The third-order valence-electron chi connectivity index (χ3n) is 2.98. The molecular weight excluding hydrogens is 306 g/mol. The van der Waals surface area contributed by atoms with Crippen LogP contribution in [-0.2, 0) is 16.4 Å². The zero-order valence-electron chi connectivity index (χ0n) is 12.3. The summed E-state index contributed by atoms with van der Waals surface area (Å²) < 4.78 is 37.4. The number of hydrogen-bond acceptors (Lipinski definition) is 6. The monoisotopic (exact) mass is 323 g/mol. The van der Waals surface area contributed by atoms with Crippen LogP contribution in [0.25, 0.3) is 0 Å². The molecule has 8 heteroatoms. The second-order valence-electron chi connectivity index (χ2n) is 4.41. The Balaban J connectivity index is 2.10. The normalized spacial score (nSPS) is 11.2. The van der Waals surface area contributed by atoms with Crippen molar-refractivity contribution in [2.75, 3.05) is 20.8 Å². The Morgan fingerprint density at radius 2 is 1.86 bits per heavy atom. The molecular formula is C14H17N3O4S. The van der Waals surface area contributed by atoms with Gasteiger partial charge in [-0.15, -0.1) is 0 Å². The van der Waals surface area contributed by atoms with Gasteiger partial charge in [0.1, 0.15) is 22.7 Å². The van der Waals surface area contributed by atoms with Crippen molar-refractivity contribution in [2.24, 2.45) is 0 Å². The van der Waals surface area contributed by atoms with Crippen LogP contribution in [0, 0.1) is 0 Å². The molecule has 2 rings (SSSR count). The maximum Gasteiger partial charge on any atom is 0.244 e. The average Bonchev–Trinajstić information content (AvgIpc) is 2.55. The van der Waals surface area contributed by atoms with E-state index >= 15 is 0 Å². The summed E-state index contributed by atoms with van der Waals surface area (Å²) >= 11 is 0. The van der Waals surface area contributed by atoms with Gasteiger partial charge in [0.2, 0.25) is 10.0 Å². The standard InChI is InChI=1S/C14H17N3O4S/c1-20-12-3-4-14(13(7-12)21-2)22(18,19)17-6-5-11-8-15-10-16-9-11/h3-4,7-10,17H,5-6H2,1-2H3. The molecule has 0 aliphatic heterocycles. The van der Waals surface area contributed by atoms with Crippen molar-refractivity contribution in [3.8, 4) is 11.5 Å². The molecule has 22 heavy (non-hydrogen) atoms. The van der Waals surface area contributed by atoms with Crippen LogP contribution in [0.4, 0.5) is 0 Å². The lowest BCUT2D eigenvalue weighted by Gasteiger charge is -2.12. The predicted molar refractivity (Wildman–Crippen MR) is 80.5 cm³/mol. The number of ether oxygens (including phenoxy) is 2. The molecule has 118 valence electrons. The van der Waals surface area contributed by atoms with E-state index in [4.69, 9.17) is 9.47 Å². The molecule has 0 aliphatic rings. The Labute approximate surface area is 129 Å². The van der Waals surface area contributed by atoms with Crippen molar-refractivity contribution in [3.05, 3.63) is 42.5 Å². The molecule has 0 atom stereocenters. The molecule has 0 saturated carbocycles. The van der Waals surface area contributed by atoms with E-state index in [1.807, 2.05) is 0 Å². The molecule has 1 aromatic heterocycles. The van der Waals surface area contributed by atoms with Crippen molar-refractivity contribution in [1.29, 1.82) is 0 Å². The van der Waals surface area contributed by atoms with Crippen LogP contribution in [0.3, 0.4) is 0 Å². The SMILES string of the molecule is COc1ccc(S(=O)(=O)NCCc2cncnc2)c(OC)c1. The van der Waals surface area contributed by atoms with Gasteiger partial charge in [0.05, 0.1) is 14.2 Å². The summed E-state index contributed by atoms with van der Waals surface area (Å²) in [6, 6.07) is 4.55. The number of benzene rings is 1. The minimum Gasteiger partial charge on any atom is -0.497 e. The Morgan fingerprint density at radius 1 is 1.14 bits per heavy atom. The zero-order valence-corrected chi connectivity index (χ0v) is 13.1. The minimum atomic E-state index is -3.67. The fourth-order valence-electron chi connectivity index (χ4n) is 1.86. The van der Waals surface area contributed by atoms with Crippen molar-refractivity contribution < 1.29 is 17.9 Å². The Morgan fingerprint density at radius 3 is 2.50 bits per heavy atom. The number of nitrogens with zero attached hydrogens (tertiary/aromatic N) is 2. The van der Waals surface area contributed by atoms with Gasteiger partial charge in [0, 0.05) is 25.0 Å². The molecule has 0 fully saturated rings. The first-order valence-corrected chi connectivity index (χ1v) is 8.00. The predicted octanol–water partition coefficient (Wildman–Crippen LogP) is 1.01. The van der Waals surface area contributed by atoms with Gasteiger partial charge >= 0.3 is 0 Å². The van der Waals surface area contributed by atoms with Gasteiger partial charge in [-0.2, -0.15) is 0 Å². The lowest BCUT2D eigenvalue weighted by molar-refractivity contribution is 0.386. The van der Waals surface area contributed by atoms with Gasteiger partial charge < -0.3 is 9.47 Å². The molecule has 1 aromatic carbocycles. The van der Waals surface area contributed by atoms with Crippen LogP contribution < -0.4 is 14.2 Å². The van der Waals surface area contributed by atoms with Crippen LogP contribution in [0.1, 0.15) is 5.56 Å². The topological polar surface area (TPSA) is 90.4 Å². The van der Waals surface area contributed by atoms with E-state index in [0.717, 1.165) is 5.56 Å². The maximum absolute atomic E-state index is 12.3. The lowest BCUT2D eigenvalue weighted by atomic mass is 10.2. The van der Waals surface area contributed by atoms with E-state index in [1.54, 1.807) is 18.5 Å². The molecule has 7 nitrogen and oxygen atoms in total. The van der Waals surface area contributed by atoms with Crippen LogP contribution >= 0.6 is 0 Å². The van der Waals surface area contributed by atoms with Crippen LogP contribution in [0.2, 0.25) is 0 Å². The highest BCUT2D eigenvalue weighted by molar-refractivity contribution is 7.89. The molecule has 0 spiro atoms. The summed E-state index contributed by atoms with van der Waals surface area (Å²) in [5.41, 5.74) is 0.854. The van der Waals surface area contributed by atoms with Crippen LogP contribution in [0.15, 0.2) is 41.8 Å². The molecule has 1 heterocycles. The quantitative estimate of drug-likeness (QED) is 0.818. The third kappa shape index (κ3) is 3.92. The van der Waals surface area contributed by atoms with Crippen molar-refractivity contribution >= 4 is 10.0 Å². The number of rotatable bonds is 7. The van der Waals surface area contributed by atoms with E-state index in [1.165, 1.54) is 32.7 Å². The summed E-state index contributed by atoms with van der Waals surface area (Å²) in [5.74, 6) is 0.757. The van der Waals surface area contributed by atoms with E-state index in [9.17, 15) is 8.42 Å². The van der Waals surface area contributed by atoms with Crippen molar-refractivity contribution in [3.63, 3.8) is 0 Å². The van der Waals surface area contributed by atoms with Gasteiger partial charge in [-0.25, -0.2) is 23.1 Å². The first-order chi connectivity index (χ1) is 10.6. The molecule has 0 saturated heterocycles. The van der Waals surface area contributed by atoms with Crippen molar-refractivity contribution in [1.82, 2.24) is 14.7 Å². The third-order valence-corrected chi connectivity index (χ3v) is 4.48. The first-order valence-electron chi connectivity index (χ1n) is 6.52. The fourth-order valence-corrected chi connectivity index (χ4v) is 3.04. The Bertz CT molecular complexity index is 720. The molecule has 0 bridgehead atoms. The summed E-state index contributed by atoms with van der Waals surface area (Å²) in [4.78, 5) is 7.83. The Hall–Kier alpha value is -2.19. The smallest absolute Gasteiger partial charge is 0.244 e. The number of aromatic nitrogens is 2. The molecule has 0 radical (unpaired) electrons. The number of sulfonamides is 1. The minimum absolute atomic E-state index is 0.0695. The molecule has 0 amide bonds. The lowest BCUT2D eigenvalue weighted by Crippen LogP contribution is -2.26. The van der Waals surface area contributed by atoms with E-state index in [0.29, 0.717) is 12.2 Å². The summed E-state index contributed by atoms with van der Waals surface area (Å²) in [5, 5.41) is 0. The fraction of sp³-hybridized carbons (Fsp3) is 0.286. The van der Waals surface area contributed by atoms with Crippen molar-refractivity contribution in [2.45, 2.75) is 11.3 Å². The van der Waals surface area contributed by atoms with E-state index in [2.05, 4.69) is 14.7 Å². The molecule has 1 N–H and O–H groups in total. The van der Waals surface area contributed by atoms with E-state index in [-0.39, 0.29) is 17.2 Å².